The quantitative estimate of drug-likeness (QED) is 0.701. The number of aliphatic hydroxyl groups excluding tert-OH is 1. The summed E-state index contributed by atoms with van der Waals surface area (Å²) in [4.78, 5) is 0. The van der Waals surface area contributed by atoms with Crippen LogP contribution in [-0.2, 0) is 15.8 Å². The molecule has 0 aliphatic heterocycles. The van der Waals surface area contributed by atoms with Gasteiger partial charge in [-0.1, -0.05) is 5.16 Å². The first-order valence-electron chi connectivity index (χ1n) is 5.46. The number of nitrogens with zero attached hydrogens (tertiary/aromatic N) is 1. The highest BCUT2D eigenvalue weighted by molar-refractivity contribution is 7.88. The third-order valence-corrected chi connectivity index (χ3v) is 3.46. The summed E-state index contributed by atoms with van der Waals surface area (Å²) in [6, 6.07) is 1.59. The zero-order valence-electron chi connectivity index (χ0n) is 10.0. The normalized spacial score (nSPS) is 13.8. The van der Waals surface area contributed by atoms with Gasteiger partial charge >= 0.3 is 0 Å². The molecule has 1 atom stereocenters. The molecule has 1 aromatic heterocycles. The third-order valence-electron chi connectivity index (χ3n) is 2.14. The van der Waals surface area contributed by atoms with Crippen LogP contribution in [0.15, 0.2) is 10.6 Å². The van der Waals surface area contributed by atoms with Crippen LogP contribution in [0.25, 0.3) is 0 Å². The van der Waals surface area contributed by atoms with Crippen molar-refractivity contribution in [2.75, 3.05) is 6.54 Å². The van der Waals surface area contributed by atoms with Crippen molar-refractivity contribution >= 4 is 10.0 Å². The highest BCUT2D eigenvalue weighted by Crippen LogP contribution is 2.05. The Morgan fingerprint density at radius 2 is 2.29 bits per heavy atom. The van der Waals surface area contributed by atoms with Crippen LogP contribution in [0.1, 0.15) is 31.2 Å². The third kappa shape index (κ3) is 5.81. The van der Waals surface area contributed by atoms with Crippen molar-refractivity contribution in [3.8, 4) is 0 Å². The number of sulfonamides is 1. The Balaban J connectivity index is 2.36. The van der Waals surface area contributed by atoms with Crippen LogP contribution in [0.5, 0.6) is 0 Å². The summed E-state index contributed by atoms with van der Waals surface area (Å²) in [6.45, 7) is 3.70. The summed E-state index contributed by atoms with van der Waals surface area (Å²) >= 11 is 0. The van der Waals surface area contributed by atoms with Gasteiger partial charge in [0.25, 0.3) is 0 Å². The van der Waals surface area contributed by atoms with E-state index in [1.54, 1.807) is 19.9 Å². The number of aromatic nitrogens is 1. The van der Waals surface area contributed by atoms with Crippen molar-refractivity contribution in [3.05, 3.63) is 17.5 Å². The lowest BCUT2D eigenvalue weighted by atomic mass is 10.2. The van der Waals surface area contributed by atoms with Gasteiger partial charge in [0, 0.05) is 12.6 Å². The molecule has 6 nitrogen and oxygen atoms in total. The molecule has 0 saturated carbocycles. The van der Waals surface area contributed by atoms with Gasteiger partial charge in [0.2, 0.25) is 10.0 Å². The molecule has 0 aliphatic carbocycles. The minimum atomic E-state index is -3.37. The molecule has 2 N–H and O–H groups in total. The van der Waals surface area contributed by atoms with E-state index in [4.69, 9.17) is 9.63 Å². The molecule has 0 aromatic carbocycles. The summed E-state index contributed by atoms with van der Waals surface area (Å²) in [7, 11) is -3.37. The molecule has 1 heterocycles. The number of aryl methyl sites for hydroxylation is 1. The van der Waals surface area contributed by atoms with Crippen LogP contribution in [0.2, 0.25) is 0 Å². The van der Waals surface area contributed by atoms with Crippen LogP contribution < -0.4 is 4.72 Å². The van der Waals surface area contributed by atoms with E-state index in [1.165, 1.54) is 0 Å². The lowest BCUT2D eigenvalue weighted by Crippen LogP contribution is -2.26. The van der Waals surface area contributed by atoms with Gasteiger partial charge in [0.15, 0.2) is 0 Å². The Morgan fingerprint density at radius 1 is 1.59 bits per heavy atom. The van der Waals surface area contributed by atoms with Gasteiger partial charge in [0.05, 0.1) is 6.10 Å². The lowest BCUT2D eigenvalue weighted by Gasteiger charge is -2.06. The predicted octanol–water partition coefficient (Wildman–Crippen LogP) is 0.563. The number of nitrogens with one attached hydrogen (secondary N) is 1. The molecular formula is C10H18N2O4S. The van der Waals surface area contributed by atoms with Crippen LogP contribution in [-0.4, -0.2) is 31.3 Å². The van der Waals surface area contributed by atoms with E-state index in [1.807, 2.05) is 0 Å². The molecule has 1 aromatic rings. The fourth-order valence-electron chi connectivity index (χ4n) is 1.36. The minimum absolute atomic E-state index is 0.182. The van der Waals surface area contributed by atoms with Crippen molar-refractivity contribution in [1.29, 1.82) is 0 Å². The number of hydrogen-bond donors (Lipinski definition) is 2. The van der Waals surface area contributed by atoms with E-state index in [-0.39, 0.29) is 5.75 Å². The Bertz CT molecular complexity index is 439. The molecular weight excluding hydrogens is 244 g/mol. The molecule has 0 fully saturated rings. The van der Waals surface area contributed by atoms with Gasteiger partial charge in [-0.25, -0.2) is 13.1 Å². The Hall–Kier alpha value is -0.920. The van der Waals surface area contributed by atoms with Gasteiger partial charge in [-0.3, -0.25) is 0 Å². The maximum absolute atomic E-state index is 11.6. The summed E-state index contributed by atoms with van der Waals surface area (Å²) in [6.07, 6.45) is 0.776. The second kappa shape index (κ2) is 6.13. The van der Waals surface area contributed by atoms with Crippen molar-refractivity contribution in [1.82, 2.24) is 9.88 Å². The smallest absolute Gasteiger partial charge is 0.217 e. The molecule has 0 spiro atoms. The minimum Gasteiger partial charge on any atom is -0.393 e. The fourth-order valence-corrected chi connectivity index (χ4v) is 2.44. The Morgan fingerprint density at radius 3 is 2.82 bits per heavy atom. The molecule has 98 valence electrons. The molecule has 0 bridgehead atoms. The Labute approximate surface area is 101 Å². The first kappa shape index (κ1) is 14.1. The average molecular weight is 262 g/mol. The van der Waals surface area contributed by atoms with Crippen LogP contribution in [0.4, 0.5) is 0 Å². The topological polar surface area (TPSA) is 92.4 Å². The highest BCUT2D eigenvalue weighted by atomic mass is 32.2. The van der Waals surface area contributed by atoms with E-state index in [0.717, 1.165) is 0 Å². The molecule has 0 amide bonds. The Kier molecular flexibility index (Phi) is 5.10. The van der Waals surface area contributed by atoms with Crippen LogP contribution in [0.3, 0.4) is 0 Å². The van der Waals surface area contributed by atoms with E-state index >= 15 is 0 Å². The predicted molar refractivity (Wildman–Crippen MR) is 62.8 cm³/mol. The van der Waals surface area contributed by atoms with E-state index in [9.17, 15) is 8.42 Å². The number of aliphatic hydroxyl groups is 1. The number of rotatable bonds is 7. The van der Waals surface area contributed by atoms with Crippen molar-refractivity contribution < 1.29 is 18.0 Å². The van der Waals surface area contributed by atoms with Crippen LogP contribution >= 0.6 is 0 Å². The second-order valence-electron chi connectivity index (χ2n) is 4.07. The average Bonchev–Trinajstić information content (AvgIpc) is 2.57. The maximum atomic E-state index is 11.6. The zero-order valence-corrected chi connectivity index (χ0v) is 10.8. The zero-order chi connectivity index (χ0) is 12.9. The summed E-state index contributed by atoms with van der Waals surface area (Å²) < 4.78 is 30.4. The van der Waals surface area contributed by atoms with Gasteiger partial charge in [-0.15, -0.1) is 0 Å². The summed E-state index contributed by atoms with van der Waals surface area (Å²) in [5, 5.41) is 12.6. The summed E-state index contributed by atoms with van der Waals surface area (Å²) in [5.74, 6) is 0.406. The van der Waals surface area contributed by atoms with Gasteiger partial charge in [0.1, 0.15) is 17.2 Å². The van der Waals surface area contributed by atoms with E-state index in [0.29, 0.717) is 30.8 Å². The maximum Gasteiger partial charge on any atom is 0.217 e. The highest BCUT2D eigenvalue weighted by Gasteiger charge is 2.13. The lowest BCUT2D eigenvalue weighted by molar-refractivity contribution is 0.182. The van der Waals surface area contributed by atoms with Gasteiger partial charge in [-0.05, 0) is 26.7 Å². The van der Waals surface area contributed by atoms with Gasteiger partial charge < -0.3 is 9.63 Å². The molecule has 17 heavy (non-hydrogen) atoms. The molecule has 0 radical (unpaired) electrons. The monoisotopic (exact) mass is 262 g/mol. The molecule has 0 saturated heterocycles. The SMILES string of the molecule is Cc1cc(CS(=O)(=O)NCCCC(C)O)no1. The van der Waals surface area contributed by atoms with Crippen molar-refractivity contribution in [3.63, 3.8) is 0 Å². The van der Waals surface area contributed by atoms with E-state index < -0.39 is 16.1 Å². The number of hydrogen-bond acceptors (Lipinski definition) is 5. The first-order valence-corrected chi connectivity index (χ1v) is 7.12. The standard InChI is InChI=1S/C10H18N2O4S/c1-8(13)4-3-5-11-17(14,15)7-10-6-9(2)16-12-10/h6,8,11,13H,3-5,7H2,1-2H3. The van der Waals surface area contributed by atoms with Crippen molar-refractivity contribution in [2.24, 2.45) is 0 Å². The van der Waals surface area contributed by atoms with Gasteiger partial charge in [-0.2, -0.15) is 0 Å². The van der Waals surface area contributed by atoms with Crippen LogP contribution in [0, 0.1) is 6.92 Å². The fraction of sp³-hybridized carbons (Fsp3) is 0.700. The van der Waals surface area contributed by atoms with Crippen molar-refractivity contribution in [2.45, 2.75) is 38.5 Å². The molecule has 7 heteroatoms. The molecule has 0 aliphatic rings. The summed E-state index contributed by atoms with van der Waals surface area (Å²) in [5.41, 5.74) is 0.394. The van der Waals surface area contributed by atoms with E-state index in [2.05, 4.69) is 9.88 Å². The molecule has 1 unspecified atom stereocenters. The first-order chi connectivity index (χ1) is 7.89. The largest absolute Gasteiger partial charge is 0.393 e. The second-order valence-corrected chi connectivity index (χ2v) is 5.88. The molecule has 1 rings (SSSR count).